The summed E-state index contributed by atoms with van der Waals surface area (Å²) in [6.07, 6.45) is 5.19. The molecule has 0 unspecified atom stereocenters. The molecule has 2 rings (SSSR count). The van der Waals surface area contributed by atoms with Gasteiger partial charge in [-0.1, -0.05) is 18.0 Å². The number of carboxylic acids is 1. The summed E-state index contributed by atoms with van der Waals surface area (Å²) >= 11 is 1.86. The van der Waals surface area contributed by atoms with Crippen LogP contribution in [-0.4, -0.2) is 33.1 Å². The van der Waals surface area contributed by atoms with Gasteiger partial charge in [0.1, 0.15) is 13.2 Å². The average molecular weight is 272 g/mol. The second kappa shape index (κ2) is 6.75. The number of aliphatic carboxylic acids is 1. The molecular weight excluding hydrogens is 256 g/mol. The largest absolute Gasteiger partial charge is 0.480 e. The SMILES string of the molecule is O=C(O)COCc1nc(CSC2CCCC2)no1. The Morgan fingerprint density at radius 1 is 1.50 bits per heavy atom. The number of ether oxygens (including phenoxy) is 1. The number of aromatic nitrogens is 2. The van der Waals surface area contributed by atoms with Crippen LogP contribution in [0.5, 0.6) is 0 Å². The lowest BCUT2D eigenvalue weighted by molar-refractivity contribution is -0.142. The molecule has 18 heavy (non-hydrogen) atoms. The Balaban J connectivity index is 1.70. The van der Waals surface area contributed by atoms with Gasteiger partial charge in [0.05, 0.1) is 5.75 Å². The Kier molecular flexibility index (Phi) is 5.00. The molecule has 0 aromatic carbocycles. The lowest BCUT2D eigenvalue weighted by atomic mass is 10.4. The number of hydrogen-bond acceptors (Lipinski definition) is 6. The van der Waals surface area contributed by atoms with Crippen molar-refractivity contribution in [3.8, 4) is 0 Å². The molecule has 1 aliphatic rings. The van der Waals surface area contributed by atoms with E-state index in [0.29, 0.717) is 11.7 Å². The fraction of sp³-hybridized carbons (Fsp3) is 0.727. The van der Waals surface area contributed by atoms with E-state index in [1.54, 1.807) is 0 Å². The molecule has 0 aliphatic heterocycles. The van der Waals surface area contributed by atoms with Crippen LogP contribution in [0, 0.1) is 0 Å². The maximum atomic E-state index is 10.2. The summed E-state index contributed by atoms with van der Waals surface area (Å²) in [7, 11) is 0. The minimum atomic E-state index is -1.01. The van der Waals surface area contributed by atoms with Crippen molar-refractivity contribution >= 4 is 17.7 Å². The second-order valence-corrected chi connectivity index (χ2v) is 5.50. The number of rotatable bonds is 7. The van der Waals surface area contributed by atoms with Crippen LogP contribution in [0.4, 0.5) is 0 Å². The van der Waals surface area contributed by atoms with Crippen molar-refractivity contribution in [2.45, 2.75) is 43.3 Å². The summed E-state index contributed by atoms with van der Waals surface area (Å²) in [4.78, 5) is 14.4. The highest BCUT2D eigenvalue weighted by Crippen LogP contribution is 2.30. The Morgan fingerprint density at radius 2 is 2.28 bits per heavy atom. The van der Waals surface area contributed by atoms with Crippen molar-refractivity contribution in [1.82, 2.24) is 10.1 Å². The Morgan fingerprint density at radius 3 is 3.00 bits per heavy atom. The van der Waals surface area contributed by atoms with E-state index in [9.17, 15) is 4.79 Å². The fourth-order valence-corrected chi connectivity index (χ4v) is 3.05. The Labute approximate surface area is 109 Å². The number of carbonyl (C=O) groups is 1. The van der Waals surface area contributed by atoms with Crippen molar-refractivity contribution in [3.05, 3.63) is 11.7 Å². The zero-order chi connectivity index (χ0) is 12.8. The highest BCUT2D eigenvalue weighted by atomic mass is 32.2. The van der Waals surface area contributed by atoms with Gasteiger partial charge in [-0.25, -0.2) is 4.79 Å². The number of hydrogen-bond donors (Lipinski definition) is 1. The molecule has 6 nitrogen and oxygen atoms in total. The second-order valence-electron chi connectivity index (χ2n) is 4.21. The van der Waals surface area contributed by atoms with Gasteiger partial charge in [-0.2, -0.15) is 16.7 Å². The van der Waals surface area contributed by atoms with E-state index in [2.05, 4.69) is 10.1 Å². The lowest BCUT2D eigenvalue weighted by Crippen LogP contribution is -2.06. The van der Waals surface area contributed by atoms with Crippen molar-refractivity contribution in [2.24, 2.45) is 0 Å². The molecule has 1 aliphatic carbocycles. The molecule has 0 bridgehead atoms. The molecule has 1 aromatic rings. The quantitative estimate of drug-likeness (QED) is 0.810. The van der Waals surface area contributed by atoms with Crippen molar-refractivity contribution in [2.75, 3.05) is 6.61 Å². The van der Waals surface area contributed by atoms with E-state index in [1.165, 1.54) is 25.7 Å². The van der Waals surface area contributed by atoms with Crippen LogP contribution in [-0.2, 0) is 21.9 Å². The number of carboxylic acid groups (broad SMARTS) is 1. The minimum absolute atomic E-state index is 0.0490. The van der Waals surface area contributed by atoms with Crippen LogP contribution >= 0.6 is 11.8 Å². The summed E-state index contributed by atoms with van der Waals surface area (Å²) < 4.78 is 9.84. The van der Waals surface area contributed by atoms with E-state index in [4.69, 9.17) is 14.4 Å². The van der Waals surface area contributed by atoms with Crippen molar-refractivity contribution in [3.63, 3.8) is 0 Å². The normalized spacial score (nSPS) is 16.2. The fourth-order valence-electron chi connectivity index (χ4n) is 1.88. The zero-order valence-electron chi connectivity index (χ0n) is 10.0. The van der Waals surface area contributed by atoms with Gasteiger partial charge in [0.15, 0.2) is 5.82 Å². The van der Waals surface area contributed by atoms with Gasteiger partial charge in [0, 0.05) is 5.25 Å². The van der Waals surface area contributed by atoms with E-state index in [-0.39, 0.29) is 13.2 Å². The smallest absolute Gasteiger partial charge is 0.329 e. The van der Waals surface area contributed by atoms with Crippen LogP contribution in [0.1, 0.15) is 37.4 Å². The Bertz CT molecular complexity index is 390. The van der Waals surface area contributed by atoms with E-state index in [0.717, 1.165) is 11.0 Å². The summed E-state index contributed by atoms with van der Waals surface area (Å²) in [5, 5.41) is 13.0. The Hall–Kier alpha value is -1.08. The standard InChI is InChI=1S/C11H16N2O4S/c14-11(15)6-16-5-10-12-9(13-17-10)7-18-8-3-1-2-4-8/h8H,1-7H2,(H,14,15). The minimum Gasteiger partial charge on any atom is -0.480 e. The molecule has 1 saturated carbocycles. The van der Waals surface area contributed by atoms with E-state index < -0.39 is 5.97 Å². The van der Waals surface area contributed by atoms with Gasteiger partial charge in [0.25, 0.3) is 5.89 Å². The molecule has 0 atom stereocenters. The predicted octanol–water partition coefficient (Wildman–Crippen LogP) is 1.85. The van der Waals surface area contributed by atoms with Gasteiger partial charge in [-0.05, 0) is 12.8 Å². The molecule has 0 radical (unpaired) electrons. The predicted molar refractivity (Wildman–Crippen MR) is 65.1 cm³/mol. The van der Waals surface area contributed by atoms with Crippen LogP contribution in [0.15, 0.2) is 4.52 Å². The first-order valence-electron chi connectivity index (χ1n) is 5.96. The van der Waals surface area contributed by atoms with Crippen molar-refractivity contribution < 1.29 is 19.2 Å². The summed E-state index contributed by atoms with van der Waals surface area (Å²) in [6, 6.07) is 0. The third-order valence-corrected chi connectivity index (χ3v) is 4.08. The van der Waals surface area contributed by atoms with Crippen LogP contribution in [0.3, 0.4) is 0 Å². The number of nitrogens with zero attached hydrogens (tertiary/aromatic N) is 2. The van der Waals surface area contributed by atoms with Crippen LogP contribution < -0.4 is 0 Å². The third-order valence-electron chi connectivity index (χ3n) is 2.71. The molecule has 1 fully saturated rings. The molecule has 1 heterocycles. The van der Waals surface area contributed by atoms with E-state index >= 15 is 0 Å². The maximum Gasteiger partial charge on any atom is 0.329 e. The van der Waals surface area contributed by atoms with Gasteiger partial charge in [-0.3, -0.25) is 0 Å². The molecule has 100 valence electrons. The molecule has 0 saturated heterocycles. The molecule has 7 heteroatoms. The van der Waals surface area contributed by atoms with Gasteiger partial charge >= 0.3 is 5.97 Å². The number of thioether (sulfide) groups is 1. The molecule has 0 amide bonds. The maximum absolute atomic E-state index is 10.2. The summed E-state index contributed by atoms with van der Waals surface area (Å²) in [6.45, 7) is -0.304. The zero-order valence-corrected chi connectivity index (χ0v) is 10.8. The highest BCUT2D eigenvalue weighted by Gasteiger charge is 2.16. The van der Waals surface area contributed by atoms with Gasteiger partial charge in [0.2, 0.25) is 0 Å². The van der Waals surface area contributed by atoms with Crippen LogP contribution in [0.25, 0.3) is 0 Å². The first kappa shape index (κ1) is 13.4. The highest BCUT2D eigenvalue weighted by molar-refractivity contribution is 7.99. The topological polar surface area (TPSA) is 85.5 Å². The summed E-state index contributed by atoms with van der Waals surface area (Å²) in [5.41, 5.74) is 0. The van der Waals surface area contributed by atoms with Gasteiger partial charge in [-0.15, -0.1) is 0 Å². The molecule has 0 spiro atoms. The van der Waals surface area contributed by atoms with Crippen molar-refractivity contribution in [1.29, 1.82) is 0 Å². The molecular formula is C11H16N2O4S. The molecule has 1 N–H and O–H groups in total. The van der Waals surface area contributed by atoms with Gasteiger partial charge < -0.3 is 14.4 Å². The van der Waals surface area contributed by atoms with E-state index in [1.807, 2.05) is 11.8 Å². The first-order chi connectivity index (χ1) is 8.74. The average Bonchev–Trinajstić information content (AvgIpc) is 2.96. The van der Waals surface area contributed by atoms with Crippen LogP contribution in [0.2, 0.25) is 0 Å². The summed E-state index contributed by atoms with van der Waals surface area (Å²) in [5.74, 6) is 0.721. The first-order valence-corrected chi connectivity index (χ1v) is 7.01. The molecule has 1 aromatic heterocycles. The third kappa shape index (κ3) is 4.30. The lowest BCUT2D eigenvalue weighted by Gasteiger charge is -2.04. The monoisotopic (exact) mass is 272 g/mol.